The van der Waals surface area contributed by atoms with Gasteiger partial charge in [0, 0.05) is 17.5 Å². The highest BCUT2D eigenvalue weighted by molar-refractivity contribution is 5.37. The van der Waals surface area contributed by atoms with Gasteiger partial charge in [0.15, 0.2) is 0 Å². The van der Waals surface area contributed by atoms with E-state index >= 15 is 0 Å². The molecule has 1 saturated carbocycles. The maximum atomic E-state index is 10.9. The molecule has 104 valence electrons. The summed E-state index contributed by atoms with van der Waals surface area (Å²) in [6, 6.07) is 8.40. The van der Waals surface area contributed by atoms with Gasteiger partial charge in [-0.25, -0.2) is 0 Å². The molecule has 3 rings (SSSR count). The van der Waals surface area contributed by atoms with Crippen LogP contribution in [0.3, 0.4) is 0 Å². The van der Waals surface area contributed by atoms with Gasteiger partial charge in [-0.3, -0.25) is 0 Å². The van der Waals surface area contributed by atoms with E-state index in [9.17, 15) is 5.11 Å². The van der Waals surface area contributed by atoms with E-state index in [1.165, 1.54) is 12.0 Å². The molecule has 0 unspecified atom stereocenters. The minimum absolute atomic E-state index is 0.218. The first-order valence-corrected chi connectivity index (χ1v) is 7.33. The second kappa shape index (κ2) is 5.14. The summed E-state index contributed by atoms with van der Waals surface area (Å²) in [5, 5.41) is 14.5. The Morgan fingerprint density at radius 3 is 2.95 bits per heavy atom. The molecule has 1 saturated heterocycles. The highest BCUT2D eigenvalue weighted by Gasteiger charge is 2.46. The molecule has 1 aliphatic carbocycles. The van der Waals surface area contributed by atoms with E-state index in [-0.39, 0.29) is 6.04 Å². The number of piperidine rings is 1. The predicted octanol–water partition coefficient (Wildman–Crippen LogP) is 2.65. The standard InChI is InChI=1S/C16H23NO2/c1-19-14-8-3-2-6-12(14)15-13-7-4-5-9-16(13,18)10-11-17-15/h2-3,6,8,13,15,17-18H,4-5,7,9-11H2,1H3/t13-,15+,16+/m1/s1. The first kappa shape index (κ1) is 12.9. The SMILES string of the molecule is COc1ccccc1[C@@H]1NCC[C@@]2(O)CCCC[C@H]12. The van der Waals surface area contributed by atoms with Gasteiger partial charge >= 0.3 is 0 Å². The number of benzene rings is 1. The fraction of sp³-hybridized carbons (Fsp3) is 0.625. The Hall–Kier alpha value is -1.06. The number of aliphatic hydroxyl groups is 1. The average Bonchev–Trinajstić information content (AvgIpc) is 2.46. The molecule has 19 heavy (non-hydrogen) atoms. The van der Waals surface area contributed by atoms with Crippen LogP contribution in [0.15, 0.2) is 24.3 Å². The zero-order chi connectivity index (χ0) is 13.3. The summed E-state index contributed by atoms with van der Waals surface area (Å²) in [5.74, 6) is 1.24. The lowest BCUT2D eigenvalue weighted by Gasteiger charge is -2.48. The van der Waals surface area contributed by atoms with Gasteiger partial charge < -0.3 is 15.2 Å². The van der Waals surface area contributed by atoms with Crippen molar-refractivity contribution in [1.82, 2.24) is 5.32 Å². The van der Waals surface area contributed by atoms with Crippen molar-refractivity contribution < 1.29 is 9.84 Å². The van der Waals surface area contributed by atoms with E-state index in [0.717, 1.165) is 38.0 Å². The molecule has 1 heterocycles. The van der Waals surface area contributed by atoms with Crippen molar-refractivity contribution in [1.29, 1.82) is 0 Å². The quantitative estimate of drug-likeness (QED) is 0.860. The van der Waals surface area contributed by atoms with Crippen molar-refractivity contribution in [2.24, 2.45) is 5.92 Å². The van der Waals surface area contributed by atoms with E-state index in [2.05, 4.69) is 17.4 Å². The van der Waals surface area contributed by atoms with Crippen molar-refractivity contribution in [3.05, 3.63) is 29.8 Å². The number of hydrogen-bond acceptors (Lipinski definition) is 3. The Morgan fingerprint density at radius 2 is 2.11 bits per heavy atom. The van der Waals surface area contributed by atoms with Gasteiger partial charge in [0.05, 0.1) is 12.7 Å². The molecule has 0 amide bonds. The molecule has 3 heteroatoms. The molecule has 1 aromatic carbocycles. The van der Waals surface area contributed by atoms with Crippen LogP contribution in [0.25, 0.3) is 0 Å². The van der Waals surface area contributed by atoms with Gasteiger partial charge in [0.1, 0.15) is 5.75 Å². The highest BCUT2D eigenvalue weighted by Crippen LogP contribution is 2.47. The van der Waals surface area contributed by atoms with Crippen LogP contribution in [0, 0.1) is 5.92 Å². The lowest BCUT2D eigenvalue weighted by atomic mass is 9.66. The lowest BCUT2D eigenvalue weighted by Crippen LogP contribution is -2.53. The van der Waals surface area contributed by atoms with Gasteiger partial charge in [-0.15, -0.1) is 0 Å². The van der Waals surface area contributed by atoms with E-state index in [4.69, 9.17) is 4.74 Å². The fourth-order valence-electron chi connectivity index (χ4n) is 3.87. The van der Waals surface area contributed by atoms with Crippen LogP contribution in [-0.4, -0.2) is 24.4 Å². The van der Waals surface area contributed by atoms with Gasteiger partial charge in [-0.05, 0) is 31.9 Å². The minimum atomic E-state index is -0.477. The molecule has 1 aromatic rings. The molecule has 0 aromatic heterocycles. The van der Waals surface area contributed by atoms with E-state index in [1.807, 2.05) is 12.1 Å². The maximum absolute atomic E-state index is 10.9. The van der Waals surface area contributed by atoms with Crippen LogP contribution in [0.4, 0.5) is 0 Å². The molecule has 2 aliphatic rings. The van der Waals surface area contributed by atoms with E-state index in [1.54, 1.807) is 7.11 Å². The summed E-state index contributed by atoms with van der Waals surface area (Å²) in [4.78, 5) is 0. The number of para-hydroxylation sites is 1. The molecule has 2 N–H and O–H groups in total. The normalized spacial score (nSPS) is 34.6. The van der Waals surface area contributed by atoms with Crippen LogP contribution in [-0.2, 0) is 0 Å². The zero-order valence-corrected chi connectivity index (χ0v) is 11.6. The van der Waals surface area contributed by atoms with Gasteiger partial charge in [-0.1, -0.05) is 31.0 Å². The first-order valence-electron chi connectivity index (χ1n) is 7.33. The van der Waals surface area contributed by atoms with Crippen LogP contribution in [0.1, 0.15) is 43.7 Å². The Bertz CT molecular complexity index is 444. The Kier molecular flexibility index (Phi) is 3.50. The number of nitrogens with one attached hydrogen (secondary N) is 1. The molecule has 0 spiro atoms. The number of hydrogen-bond donors (Lipinski definition) is 2. The third-order valence-corrected chi connectivity index (χ3v) is 4.86. The van der Waals surface area contributed by atoms with E-state index < -0.39 is 5.60 Å². The smallest absolute Gasteiger partial charge is 0.123 e. The third kappa shape index (κ3) is 2.26. The van der Waals surface area contributed by atoms with Crippen molar-refractivity contribution in [3.8, 4) is 5.75 Å². The minimum Gasteiger partial charge on any atom is -0.496 e. The molecule has 3 atom stereocenters. The molecule has 0 bridgehead atoms. The summed E-state index contributed by atoms with van der Waals surface area (Å²) in [6.07, 6.45) is 5.31. The molecular formula is C16H23NO2. The van der Waals surface area contributed by atoms with Gasteiger partial charge in [-0.2, -0.15) is 0 Å². The summed E-state index contributed by atoms with van der Waals surface area (Å²) < 4.78 is 5.49. The van der Waals surface area contributed by atoms with E-state index in [0.29, 0.717) is 5.92 Å². The largest absolute Gasteiger partial charge is 0.496 e. The number of rotatable bonds is 2. The third-order valence-electron chi connectivity index (χ3n) is 4.86. The summed E-state index contributed by atoms with van der Waals surface area (Å²) in [7, 11) is 1.72. The predicted molar refractivity (Wildman–Crippen MR) is 75.3 cm³/mol. The van der Waals surface area contributed by atoms with Crippen LogP contribution in [0.5, 0.6) is 5.75 Å². The molecule has 2 fully saturated rings. The Morgan fingerprint density at radius 1 is 1.26 bits per heavy atom. The van der Waals surface area contributed by atoms with Gasteiger partial charge in [0.2, 0.25) is 0 Å². The second-order valence-corrected chi connectivity index (χ2v) is 5.88. The van der Waals surface area contributed by atoms with Crippen LogP contribution >= 0.6 is 0 Å². The lowest BCUT2D eigenvalue weighted by molar-refractivity contribution is -0.0863. The van der Waals surface area contributed by atoms with Crippen molar-refractivity contribution >= 4 is 0 Å². The topological polar surface area (TPSA) is 41.5 Å². The number of methoxy groups -OCH3 is 1. The van der Waals surface area contributed by atoms with Crippen molar-refractivity contribution in [2.75, 3.05) is 13.7 Å². The molecule has 0 radical (unpaired) electrons. The first-order chi connectivity index (χ1) is 9.24. The zero-order valence-electron chi connectivity index (χ0n) is 11.6. The van der Waals surface area contributed by atoms with Crippen LogP contribution in [0.2, 0.25) is 0 Å². The maximum Gasteiger partial charge on any atom is 0.123 e. The second-order valence-electron chi connectivity index (χ2n) is 5.88. The van der Waals surface area contributed by atoms with Gasteiger partial charge in [0.25, 0.3) is 0 Å². The summed E-state index contributed by atoms with van der Waals surface area (Å²) in [6.45, 7) is 0.885. The summed E-state index contributed by atoms with van der Waals surface area (Å²) in [5.41, 5.74) is 0.713. The average molecular weight is 261 g/mol. The molecule has 1 aliphatic heterocycles. The number of ether oxygens (including phenoxy) is 1. The Balaban J connectivity index is 1.94. The highest BCUT2D eigenvalue weighted by atomic mass is 16.5. The van der Waals surface area contributed by atoms with Crippen molar-refractivity contribution in [3.63, 3.8) is 0 Å². The summed E-state index contributed by atoms with van der Waals surface area (Å²) >= 11 is 0. The molecule has 3 nitrogen and oxygen atoms in total. The molecular weight excluding hydrogens is 238 g/mol. The van der Waals surface area contributed by atoms with Crippen LogP contribution < -0.4 is 10.1 Å². The Labute approximate surface area is 115 Å². The monoisotopic (exact) mass is 261 g/mol. The number of fused-ring (bicyclic) bond motifs is 1. The fourth-order valence-corrected chi connectivity index (χ4v) is 3.87. The van der Waals surface area contributed by atoms with Crippen molar-refractivity contribution in [2.45, 2.75) is 43.7 Å².